The predicted molar refractivity (Wildman–Crippen MR) is 91.1 cm³/mol. The summed E-state index contributed by atoms with van der Waals surface area (Å²) in [4.78, 5) is 4.57. The van der Waals surface area contributed by atoms with E-state index < -0.39 is 15.6 Å². The SMILES string of the molecule is O=S(=O)(NC[C@](O)(c1ccsc1)c1cccs1)c1cccnc1. The van der Waals surface area contributed by atoms with E-state index in [-0.39, 0.29) is 11.4 Å². The van der Waals surface area contributed by atoms with Crippen LogP contribution in [0.2, 0.25) is 0 Å². The number of aliphatic hydroxyl groups is 1. The molecule has 1 atom stereocenters. The first-order chi connectivity index (χ1) is 11.0. The van der Waals surface area contributed by atoms with Crippen LogP contribution in [0, 0.1) is 0 Å². The molecule has 0 fully saturated rings. The lowest BCUT2D eigenvalue weighted by atomic mass is 9.95. The first kappa shape index (κ1) is 16.3. The Kier molecular flexibility index (Phi) is 4.60. The van der Waals surface area contributed by atoms with Crippen LogP contribution in [0.4, 0.5) is 0 Å². The van der Waals surface area contributed by atoms with E-state index in [1.807, 2.05) is 22.2 Å². The van der Waals surface area contributed by atoms with Crippen molar-refractivity contribution in [2.24, 2.45) is 0 Å². The molecule has 0 saturated heterocycles. The molecule has 0 aliphatic rings. The topological polar surface area (TPSA) is 79.3 Å². The van der Waals surface area contributed by atoms with Gasteiger partial charge in [0.1, 0.15) is 10.5 Å². The molecule has 2 N–H and O–H groups in total. The lowest BCUT2D eigenvalue weighted by Crippen LogP contribution is -2.40. The normalized spacial score (nSPS) is 14.5. The molecule has 5 nitrogen and oxygen atoms in total. The monoisotopic (exact) mass is 366 g/mol. The Bertz CT molecular complexity index is 811. The highest BCUT2D eigenvalue weighted by molar-refractivity contribution is 7.89. The van der Waals surface area contributed by atoms with Crippen LogP contribution in [-0.4, -0.2) is 25.1 Å². The highest BCUT2D eigenvalue weighted by Gasteiger charge is 2.34. The summed E-state index contributed by atoms with van der Waals surface area (Å²) in [5.41, 5.74) is -0.734. The van der Waals surface area contributed by atoms with E-state index >= 15 is 0 Å². The van der Waals surface area contributed by atoms with Crippen molar-refractivity contribution in [1.29, 1.82) is 0 Å². The number of rotatable bonds is 6. The summed E-state index contributed by atoms with van der Waals surface area (Å²) in [7, 11) is -3.74. The summed E-state index contributed by atoms with van der Waals surface area (Å²) in [6.45, 7) is -0.151. The molecule has 0 bridgehead atoms. The van der Waals surface area contributed by atoms with E-state index in [4.69, 9.17) is 0 Å². The van der Waals surface area contributed by atoms with E-state index in [1.165, 1.54) is 41.1 Å². The Morgan fingerprint density at radius 1 is 1.22 bits per heavy atom. The van der Waals surface area contributed by atoms with Gasteiger partial charge >= 0.3 is 0 Å². The van der Waals surface area contributed by atoms with E-state index in [9.17, 15) is 13.5 Å². The molecule has 3 heterocycles. The van der Waals surface area contributed by atoms with Gasteiger partial charge in [0.05, 0.1) is 0 Å². The maximum absolute atomic E-state index is 12.4. The average Bonchev–Trinajstić information content (AvgIpc) is 3.27. The molecule has 0 aliphatic heterocycles. The van der Waals surface area contributed by atoms with Crippen molar-refractivity contribution in [2.75, 3.05) is 6.54 Å². The number of aromatic nitrogens is 1. The lowest BCUT2D eigenvalue weighted by Gasteiger charge is -2.26. The minimum Gasteiger partial charge on any atom is -0.378 e. The number of sulfonamides is 1. The summed E-state index contributed by atoms with van der Waals surface area (Å²) in [5.74, 6) is 0. The average molecular weight is 366 g/mol. The van der Waals surface area contributed by atoms with Gasteiger partial charge in [0.2, 0.25) is 10.0 Å². The fraction of sp³-hybridized carbons (Fsp3) is 0.133. The van der Waals surface area contributed by atoms with Gasteiger partial charge in [0.15, 0.2) is 0 Å². The molecule has 0 amide bonds. The molecule has 0 aliphatic carbocycles. The van der Waals surface area contributed by atoms with Gasteiger partial charge in [-0.1, -0.05) is 6.07 Å². The lowest BCUT2D eigenvalue weighted by molar-refractivity contribution is 0.0903. The van der Waals surface area contributed by atoms with Crippen molar-refractivity contribution in [2.45, 2.75) is 10.5 Å². The van der Waals surface area contributed by atoms with Crippen molar-refractivity contribution in [3.63, 3.8) is 0 Å². The van der Waals surface area contributed by atoms with E-state index in [1.54, 1.807) is 18.2 Å². The standard InChI is InChI=1S/C15H14N2O3S3/c18-15(12-5-8-21-10-12,14-4-2-7-22-14)11-17-23(19,20)13-3-1-6-16-9-13/h1-10,17-18H,11H2/t15-/m0/s1. The number of hydrogen-bond acceptors (Lipinski definition) is 6. The van der Waals surface area contributed by atoms with Crippen LogP contribution >= 0.6 is 22.7 Å². The van der Waals surface area contributed by atoms with Gasteiger partial charge in [-0.2, -0.15) is 11.3 Å². The van der Waals surface area contributed by atoms with Crippen LogP contribution in [0.5, 0.6) is 0 Å². The smallest absolute Gasteiger partial charge is 0.242 e. The van der Waals surface area contributed by atoms with Crippen molar-refractivity contribution in [3.8, 4) is 0 Å². The largest absolute Gasteiger partial charge is 0.378 e. The summed E-state index contributed by atoms with van der Waals surface area (Å²) < 4.78 is 27.2. The summed E-state index contributed by atoms with van der Waals surface area (Å²) in [6, 6.07) is 8.43. The molecule has 23 heavy (non-hydrogen) atoms. The van der Waals surface area contributed by atoms with Crippen molar-refractivity contribution in [1.82, 2.24) is 9.71 Å². The molecule has 0 aromatic carbocycles. The third-order valence-corrected chi connectivity index (χ3v) is 6.48. The second-order valence-electron chi connectivity index (χ2n) is 4.86. The van der Waals surface area contributed by atoms with Crippen molar-refractivity contribution >= 4 is 32.7 Å². The van der Waals surface area contributed by atoms with Gasteiger partial charge in [0.25, 0.3) is 0 Å². The van der Waals surface area contributed by atoms with Crippen LogP contribution < -0.4 is 4.72 Å². The van der Waals surface area contributed by atoms with Gasteiger partial charge < -0.3 is 5.11 Å². The van der Waals surface area contributed by atoms with Crippen LogP contribution in [0.3, 0.4) is 0 Å². The molecule has 3 aromatic rings. The molecular formula is C15H14N2O3S3. The molecule has 0 saturated carbocycles. The molecule has 8 heteroatoms. The Morgan fingerprint density at radius 2 is 2.09 bits per heavy atom. The van der Waals surface area contributed by atoms with Crippen LogP contribution in [0.1, 0.15) is 10.4 Å². The van der Waals surface area contributed by atoms with E-state index in [0.29, 0.717) is 10.4 Å². The Labute approximate surface area is 142 Å². The Morgan fingerprint density at radius 3 is 2.70 bits per heavy atom. The van der Waals surface area contributed by atoms with Crippen molar-refractivity contribution in [3.05, 3.63) is 69.3 Å². The zero-order valence-corrected chi connectivity index (χ0v) is 14.4. The second-order valence-corrected chi connectivity index (χ2v) is 8.36. The van der Waals surface area contributed by atoms with Gasteiger partial charge in [-0.25, -0.2) is 13.1 Å². The first-order valence-electron chi connectivity index (χ1n) is 6.71. The van der Waals surface area contributed by atoms with E-state index in [0.717, 1.165) is 0 Å². The van der Waals surface area contributed by atoms with Crippen LogP contribution in [0.25, 0.3) is 0 Å². The maximum atomic E-state index is 12.4. The predicted octanol–water partition coefficient (Wildman–Crippen LogP) is 2.42. The molecule has 3 aromatic heterocycles. The van der Waals surface area contributed by atoms with Gasteiger partial charge in [-0.3, -0.25) is 4.98 Å². The third kappa shape index (κ3) is 3.36. The summed E-state index contributed by atoms with van der Waals surface area (Å²) in [5, 5.41) is 16.6. The number of thiophene rings is 2. The van der Waals surface area contributed by atoms with Gasteiger partial charge in [-0.05, 0) is 40.4 Å². The van der Waals surface area contributed by atoms with Crippen LogP contribution in [0.15, 0.2) is 63.8 Å². The minimum atomic E-state index is -3.74. The Balaban J connectivity index is 1.89. The zero-order valence-electron chi connectivity index (χ0n) is 11.9. The second kappa shape index (κ2) is 6.50. The highest BCUT2D eigenvalue weighted by atomic mass is 32.2. The molecule has 0 spiro atoms. The fourth-order valence-electron chi connectivity index (χ4n) is 2.13. The number of hydrogen-bond donors (Lipinski definition) is 2. The summed E-state index contributed by atoms with van der Waals surface area (Å²) >= 11 is 2.83. The Hall–Kier alpha value is -1.58. The minimum absolute atomic E-state index is 0.0684. The molecular weight excluding hydrogens is 352 g/mol. The number of pyridine rings is 1. The number of nitrogens with one attached hydrogen (secondary N) is 1. The van der Waals surface area contributed by atoms with Crippen LogP contribution in [-0.2, 0) is 15.6 Å². The molecule has 0 unspecified atom stereocenters. The van der Waals surface area contributed by atoms with Gasteiger partial charge in [0, 0.05) is 29.4 Å². The maximum Gasteiger partial charge on any atom is 0.242 e. The first-order valence-corrected chi connectivity index (χ1v) is 10.0. The highest BCUT2D eigenvalue weighted by Crippen LogP contribution is 2.33. The van der Waals surface area contributed by atoms with Gasteiger partial charge in [-0.15, -0.1) is 11.3 Å². The number of nitrogens with zero attached hydrogens (tertiary/aromatic N) is 1. The summed E-state index contributed by atoms with van der Waals surface area (Å²) in [6.07, 6.45) is 2.78. The fourth-order valence-corrected chi connectivity index (χ4v) is 4.73. The molecule has 3 rings (SSSR count). The molecule has 0 radical (unpaired) electrons. The zero-order chi connectivity index (χ0) is 16.3. The van der Waals surface area contributed by atoms with E-state index in [2.05, 4.69) is 9.71 Å². The third-order valence-electron chi connectivity index (χ3n) is 3.39. The molecule has 120 valence electrons. The van der Waals surface area contributed by atoms with Crippen molar-refractivity contribution < 1.29 is 13.5 Å². The quantitative estimate of drug-likeness (QED) is 0.702.